The van der Waals surface area contributed by atoms with E-state index in [-0.39, 0.29) is 5.82 Å². The van der Waals surface area contributed by atoms with Gasteiger partial charge in [-0.05, 0) is 6.07 Å². The molecule has 1 fully saturated rings. The van der Waals surface area contributed by atoms with Crippen molar-refractivity contribution in [2.45, 2.75) is 0 Å². The summed E-state index contributed by atoms with van der Waals surface area (Å²) in [6.45, 7) is 2.71. The van der Waals surface area contributed by atoms with Crippen LogP contribution >= 0.6 is 30.3 Å². The van der Waals surface area contributed by atoms with Gasteiger partial charge in [0.1, 0.15) is 0 Å². The second kappa shape index (κ2) is 5.22. The van der Waals surface area contributed by atoms with E-state index >= 15 is 0 Å². The normalized spacial score (nSPS) is 16.4. The molecule has 0 saturated carbocycles. The van der Waals surface area contributed by atoms with Gasteiger partial charge in [0.2, 0.25) is 0 Å². The molecule has 1 aliphatic rings. The first-order chi connectivity index (χ1) is 8.81. The van der Waals surface area contributed by atoms with Gasteiger partial charge in [0.25, 0.3) is 0 Å². The molecule has 3 heterocycles. The monoisotopic (exact) mass is 379 g/mol. The molecule has 0 radical (unpaired) electrons. The molecular formula is C11H11FIN3OS. The number of ether oxygens (including phenoxy) is 1. The highest BCUT2D eigenvalue weighted by molar-refractivity contribution is 14.2. The van der Waals surface area contributed by atoms with E-state index in [2.05, 4.69) is 26.2 Å². The Morgan fingerprint density at radius 3 is 2.89 bits per heavy atom. The quantitative estimate of drug-likeness (QED) is 0.751. The van der Waals surface area contributed by atoms with Crippen molar-refractivity contribution in [2.24, 2.45) is 0 Å². The number of aromatic nitrogens is 2. The molecule has 0 atom stereocenters. The summed E-state index contributed by atoms with van der Waals surface area (Å²) < 4.78 is 21.6. The average molecular weight is 379 g/mol. The maximum atomic E-state index is 14.5. The zero-order chi connectivity index (χ0) is 12.5. The van der Waals surface area contributed by atoms with Crippen molar-refractivity contribution in [3.63, 3.8) is 0 Å². The van der Waals surface area contributed by atoms with Crippen LogP contribution in [0, 0.1) is 5.82 Å². The van der Waals surface area contributed by atoms with E-state index in [1.54, 1.807) is 12.3 Å². The summed E-state index contributed by atoms with van der Waals surface area (Å²) in [6.07, 6.45) is 3.45. The highest BCUT2D eigenvalue weighted by Crippen LogP contribution is 2.30. The number of pyridine rings is 1. The lowest BCUT2D eigenvalue weighted by Gasteiger charge is -2.28. The Morgan fingerprint density at radius 2 is 2.17 bits per heavy atom. The SMILES string of the molecule is Fc1c(N2CCOCC2)cnc2c1ccn2SI. The summed E-state index contributed by atoms with van der Waals surface area (Å²) in [6, 6.07) is 1.77. The van der Waals surface area contributed by atoms with Crippen LogP contribution in [-0.2, 0) is 4.74 Å². The molecule has 96 valence electrons. The van der Waals surface area contributed by atoms with Gasteiger partial charge in [-0.15, -0.1) is 0 Å². The van der Waals surface area contributed by atoms with E-state index in [9.17, 15) is 4.39 Å². The standard InChI is InChI=1S/C11H11FIN3OS/c12-10-8-1-2-16(18-13)11(8)14-7-9(10)15-3-5-17-6-4-15/h1-2,7H,3-6H2. The summed E-state index contributed by atoms with van der Waals surface area (Å²) in [5.74, 6) is -0.189. The minimum atomic E-state index is -0.189. The largest absolute Gasteiger partial charge is 0.378 e. The maximum Gasteiger partial charge on any atom is 0.159 e. The molecule has 0 N–H and O–H groups in total. The molecule has 0 spiro atoms. The lowest BCUT2D eigenvalue weighted by atomic mass is 10.2. The van der Waals surface area contributed by atoms with E-state index in [4.69, 9.17) is 4.74 Å². The molecule has 4 nitrogen and oxygen atoms in total. The van der Waals surface area contributed by atoms with Crippen LogP contribution in [0.3, 0.4) is 0 Å². The van der Waals surface area contributed by atoms with Crippen molar-refractivity contribution in [1.82, 2.24) is 8.96 Å². The maximum absolute atomic E-state index is 14.5. The number of halogens is 2. The first kappa shape index (κ1) is 12.5. The summed E-state index contributed by atoms with van der Waals surface area (Å²) >= 11 is 2.15. The van der Waals surface area contributed by atoms with E-state index < -0.39 is 0 Å². The molecule has 0 aliphatic carbocycles. The summed E-state index contributed by atoms with van der Waals surface area (Å²) in [7, 11) is 1.48. The molecule has 1 aliphatic heterocycles. The number of rotatable bonds is 2. The van der Waals surface area contributed by atoms with E-state index in [0.29, 0.717) is 43.0 Å². The third-order valence-corrected chi connectivity index (χ3v) is 4.74. The average Bonchev–Trinajstić information content (AvgIpc) is 2.84. The van der Waals surface area contributed by atoms with Gasteiger partial charge in [0.15, 0.2) is 11.5 Å². The topological polar surface area (TPSA) is 30.3 Å². The minimum Gasteiger partial charge on any atom is -0.378 e. The first-order valence-corrected chi connectivity index (χ1v) is 8.90. The first-order valence-electron chi connectivity index (χ1n) is 5.58. The van der Waals surface area contributed by atoms with Crippen LogP contribution in [0.1, 0.15) is 0 Å². The van der Waals surface area contributed by atoms with Crippen LogP contribution in [0.25, 0.3) is 11.0 Å². The van der Waals surface area contributed by atoms with Crippen molar-refractivity contribution in [3.05, 3.63) is 24.3 Å². The minimum absolute atomic E-state index is 0.189. The Kier molecular flexibility index (Phi) is 3.62. The van der Waals surface area contributed by atoms with Gasteiger partial charge in [0, 0.05) is 49.6 Å². The van der Waals surface area contributed by atoms with Crippen LogP contribution in [0.4, 0.5) is 10.1 Å². The molecule has 2 aromatic rings. The van der Waals surface area contributed by atoms with Gasteiger partial charge >= 0.3 is 0 Å². The van der Waals surface area contributed by atoms with Crippen LogP contribution in [-0.4, -0.2) is 35.3 Å². The molecule has 3 rings (SSSR count). The summed E-state index contributed by atoms with van der Waals surface area (Å²) in [5, 5.41) is 0.572. The third kappa shape index (κ3) is 2.08. The second-order valence-corrected chi connectivity index (χ2v) is 5.72. The highest BCUT2D eigenvalue weighted by atomic mass is 127. The fourth-order valence-electron chi connectivity index (χ4n) is 2.10. The Morgan fingerprint density at radius 1 is 1.39 bits per heavy atom. The number of morpholine rings is 1. The predicted molar refractivity (Wildman–Crippen MR) is 79.7 cm³/mol. The molecule has 1 saturated heterocycles. The molecule has 0 amide bonds. The zero-order valence-electron chi connectivity index (χ0n) is 9.47. The lowest BCUT2D eigenvalue weighted by molar-refractivity contribution is 0.122. The van der Waals surface area contributed by atoms with E-state index in [1.165, 1.54) is 9.12 Å². The number of hydrogen-bond acceptors (Lipinski definition) is 4. The molecular weight excluding hydrogens is 368 g/mol. The predicted octanol–water partition coefficient (Wildman–Crippen LogP) is 2.86. The molecule has 0 aromatic carbocycles. The van der Waals surface area contributed by atoms with Gasteiger partial charge in [-0.2, -0.15) is 0 Å². The Labute approximate surface area is 120 Å². The number of fused-ring (bicyclic) bond motifs is 1. The lowest BCUT2D eigenvalue weighted by Crippen LogP contribution is -2.36. The second-order valence-electron chi connectivity index (χ2n) is 4.00. The fraction of sp³-hybridized carbons (Fsp3) is 0.364. The molecule has 7 heteroatoms. The fourth-order valence-corrected chi connectivity index (χ4v) is 3.37. The summed E-state index contributed by atoms with van der Waals surface area (Å²) in [5.41, 5.74) is 1.24. The Balaban J connectivity index is 2.05. The van der Waals surface area contributed by atoms with Crippen LogP contribution in [0.15, 0.2) is 18.5 Å². The van der Waals surface area contributed by atoms with Gasteiger partial charge in [-0.3, -0.25) is 3.97 Å². The number of anilines is 1. The van der Waals surface area contributed by atoms with Crippen molar-refractivity contribution >= 4 is 47.0 Å². The van der Waals surface area contributed by atoms with E-state index in [1.807, 2.05) is 15.1 Å². The zero-order valence-corrected chi connectivity index (χ0v) is 12.4. The molecule has 0 bridgehead atoms. The van der Waals surface area contributed by atoms with Crippen molar-refractivity contribution in [2.75, 3.05) is 31.2 Å². The molecule has 18 heavy (non-hydrogen) atoms. The number of hydrogen-bond donors (Lipinski definition) is 0. The van der Waals surface area contributed by atoms with Crippen molar-refractivity contribution < 1.29 is 9.13 Å². The Hall–Kier alpha value is -0.540. The smallest absolute Gasteiger partial charge is 0.159 e. The van der Waals surface area contributed by atoms with Crippen LogP contribution in [0.2, 0.25) is 0 Å². The molecule has 2 aromatic heterocycles. The van der Waals surface area contributed by atoms with Crippen LogP contribution < -0.4 is 4.90 Å². The van der Waals surface area contributed by atoms with Gasteiger partial charge in [-0.1, -0.05) is 0 Å². The van der Waals surface area contributed by atoms with Crippen molar-refractivity contribution in [1.29, 1.82) is 0 Å². The third-order valence-electron chi connectivity index (χ3n) is 3.02. The highest BCUT2D eigenvalue weighted by Gasteiger charge is 2.18. The number of nitrogens with zero attached hydrogens (tertiary/aromatic N) is 3. The van der Waals surface area contributed by atoms with Gasteiger partial charge in [-0.25, -0.2) is 9.37 Å². The van der Waals surface area contributed by atoms with Gasteiger partial charge in [0.05, 0.1) is 30.5 Å². The van der Waals surface area contributed by atoms with Crippen molar-refractivity contribution in [3.8, 4) is 0 Å². The van der Waals surface area contributed by atoms with Gasteiger partial charge < -0.3 is 9.64 Å². The van der Waals surface area contributed by atoms with E-state index in [0.717, 1.165) is 0 Å². The van der Waals surface area contributed by atoms with Crippen LogP contribution in [0.5, 0.6) is 0 Å². The Bertz CT molecular complexity index is 571. The summed E-state index contributed by atoms with van der Waals surface area (Å²) in [4.78, 5) is 6.35. The molecule has 0 unspecified atom stereocenters.